The molecule has 10 heteroatoms. The van der Waals surface area contributed by atoms with Crippen molar-refractivity contribution in [3.05, 3.63) is 88.7 Å². The number of sulfonamides is 1. The van der Waals surface area contributed by atoms with Gasteiger partial charge in [0.1, 0.15) is 12.0 Å². The molecule has 2 aliphatic rings. The Morgan fingerprint density at radius 3 is 2.26 bits per heavy atom. The Balaban J connectivity index is 1.44. The van der Waals surface area contributed by atoms with Crippen LogP contribution in [-0.2, 0) is 16.2 Å². The maximum atomic E-state index is 13.9. The van der Waals surface area contributed by atoms with Crippen LogP contribution >= 0.6 is 0 Å². The van der Waals surface area contributed by atoms with Crippen molar-refractivity contribution < 1.29 is 31.1 Å². The van der Waals surface area contributed by atoms with Crippen LogP contribution in [-0.4, -0.2) is 54.6 Å². The number of rotatable bonds is 4. The number of aliphatic hydroxyl groups excluding tert-OH is 1. The second-order valence-corrected chi connectivity index (χ2v) is 12.2. The summed E-state index contributed by atoms with van der Waals surface area (Å²) < 4.78 is 83.1. The second kappa shape index (κ2) is 10.3. The molecule has 0 amide bonds. The van der Waals surface area contributed by atoms with Crippen molar-refractivity contribution in [1.82, 2.24) is 9.21 Å². The normalized spacial score (nSPS) is 23.0. The molecule has 0 aromatic heterocycles. The lowest BCUT2D eigenvalue weighted by molar-refractivity contribution is -0.148. The summed E-state index contributed by atoms with van der Waals surface area (Å²) in [5.41, 5.74) is 2.80. The highest BCUT2D eigenvalue weighted by Gasteiger charge is 2.50. The Kier molecular flexibility index (Phi) is 7.34. The van der Waals surface area contributed by atoms with Crippen LogP contribution in [0.25, 0.3) is 11.1 Å². The molecule has 2 saturated heterocycles. The Morgan fingerprint density at radius 1 is 0.897 bits per heavy atom. The minimum atomic E-state index is -4.81. The fourth-order valence-corrected chi connectivity index (χ4v) is 7.48. The second-order valence-electron chi connectivity index (χ2n) is 10.3. The molecule has 208 valence electrons. The predicted octanol–water partition coefficient (Wildman–Crippen LogP) is 5.70. The minimum absolute atomic E-state index is 0.0335. The summed E-state index contributed by atoms with van der Waals surface area (Å²) in [6.45, 7) is 4.22. The highest BCUT2D eigenvalue weighted by molar-refractivity contribution is 7.89. The van der Waals surface area contributed by atoms with Gasteiger partial charge in [0.05, 0.1) is 10.5 Å². The van der Waals surface area contributed by atoms with E-state index in [1.54, 1.807) is 13.0 Å². The largest absolute Gasteiger partial charge is 0.417 e. The van der Waals surface area contributed by atoms with Gasteiger partial charge in [-0.15, -0.1) is 0 Å². The molecule has 3 aromatic carbocycles. The molecule has 3 atom stereocenters. The molecule has 2 fully saturated rings. The average Bonchev–Trinajstić information content (AvgIpc) is 2.89. The third-order valence-electron chi connectivity index (χ3n) is 8.10. The van der Waals surface area contributed by atoms with Gasteiger partial charge in [-0.05, 0) is 72.7 Å². The van der Waals surface area contributed by atoms with Gasteiger partial charge < -0.3 is 5.11 Å². The van der Waals surface area contributed by atoms with Crippen molar-refractivity contribution in [2.45, 2.75) is 55.9 Å². The topological polar surface area (TPSA) is 60.9 Å². The molecule has 5 nitrogen and oxygen atoms in total. The molecule has 2 heterocycles. The minimum Gasteiger partial charge on any atom is -0.378 e. The number of hydrogen-bond acceptors (Lipinski definition) is 4. The first kappa shape index (κ1) is 27.8. The maximum absolute atomic E-state index is 13.9. The highest BCUT2D eigenvalue weighted by atomic mass is 32.2. The van der Waals surface area contributed by atoms with Gasteiger partial charge in [-0.1, -0.05) is 42.5 Å². The lowest BCUT2D eigenvalue weighted by Crippen LogP contribution is -2.66. The average molecular weight is 563 g/mol. The number of halogens is 4. The van der Waals surface area contributed by atoms with Crippen molar-refractivity contribution in [2.75, 3.05) is 19.6 Å². The van der Waals surface area contributed by atoms with Gasteiger partial charge in [-0.2, -0.15) is 17.5 Å². The summed E-state index contributed by atoms with van der Waals surface area (Å²) in [6, 6.07) is 14.5. The van der Waals surface area contributed by atoms with Crippen molar-refractivity contribution in [2.24, 2.45) is 0 Å². The van der Waals surface area contributed by atoms with E-state index in [1.165, 1.54) is 18.2 Å². The molecular weight excluding hydrogens is 532 g/mol. The number of benzene rings is 3. The van der Waals surface area contributed by atoms with E-state index in [2.05, 4.69) is 0 Å². The lowest BCUT2D eigenvalue weighted by Gasteiger charge is -2.55. The van der Waals surface area contributed by atoms with Gasteiger partial charge in [-0.3, -0.25) is 4.90 Å². The summed E-state index contributed by atoms with van der Waals surface area (Å²) in [6.07, 6.45) is -4.56. The Labute approximate surface area is 225 Å². The fourth-order valence-electron chi connectivity index (χ4n) is 5.77. The molecule has 0 spiro atoms. The van der Waals surface area contributed by atoms with Gasteiger partial charge in [0, 0.05) is 31.6 Å². The van der Waals surface area contributed by atoms with Crippen molar-refractivity contribution in [3.8, 4) is 11.1 Å². The molecule has 0 aliphatic carbocycles. The summed E-state index contributed by atoms with van der Waals surface area (Å²) in [5, 5.41) is 11.0. The van der Waals surface area contributed by atoms with Crippen molar-refractivity contribution >= 4 is 10.0 Å². The third kappa shape index (κ3) is 4.99. The zero-order valence-corrected chi connectivity index (χ0v) is 22.4. The smallest absolute Gasteiger partial charge is 0.378 e. The predicted molar refractivity (Wildman–Crippen MR) is 140 cm³/mol. The molecule has 0 bridgehead atoms. The molecule has 1 N–H and O–H groups in total. The van der Waals surface area contributed by atoms with E-state index in [9.17, 15) is 31.1 Å². The Hall–Kier alpha value is -2.79. The zero-order valence-electron chi connectivity index (χ0n) is 21.6. The number of hydrogen-bond donors (Lipinski definition) is 1. The first-order valence-corrected chi connectivity index (χ1v) is 14.3. The van der Waals surface area contributed by atoms with Crippen molar-refractivity contribution in [1.29, 1.82) is 0 Å². The van der Waals surface area contributed by atoms with Gasteiger partial charge in [0.25, 0.3) is 0 Å². The van der Waals surface area contributed by atoms with Crippen LogP contribution in [0.5, 0.6) is 0 Å². The van der Waals surface area contributed by atoms with Gasteiger partial charge in [-0.25, -0.2) is 12.8 Å². The summed E-state index contributed by atoms with van der Waals surface area (Å²) in [4.78, 5) is 1.07. The number of nitrogens with zero attached hydrogens (tertiary/aromatic N) is 2. The fraction of sp³-hybridized carbons (Fsp3) is 0.379. The van der Waals surface area contributed by atoms with Crippen LogP contribution in [0, 0.1) is 19.7 Å². The molecule has 0 unspecified atom stereocenters. The monoisotopic (exact) mass is 562 g/mol. The number of aliphatic hydroxyl groups is 1. The Bertz CT molecular complexity index is 1470. The lowest BCUT2D eigenvalue weighted by atomic mass is 9.79. The van der Waals surface area contributed by atoms with Crippen LogP contribution in [0.1, 0.15) is 41.0 Å². The van der Waals surface area contributed by atoms with Crippen LogP contribution in [0.2, 0.25) is 0 Å². The Morgan fingerprint density at radius 2 is 1.56 bits per heavy atom. The quantitative estimate of drug-likeness (QED) is 0.415. The maximum Gasteiger partial charge on any atom is 0.417 e. The van der Waals surface area contributed by atoms with Crippen LogP contribution in [0.15, 0.2) is 65.6 Å². The SMILES string of the molecule is Cc1c(F)ccc(-c2ccc([C@@H]3[C@@H](O)N4CCCCN(S(=O)(=O)c5ccccc5C(F)(F)F)C[C@@H]34)cc2)c1C. The highest BCUT2D eigenvalue weighted by Crippen LogP contribution is 2.43. The van der Waals surface area contributed by atoms with E-state index in [0.29, 0.717) is 24.9 Å². The van der Waals surface area contributed by atoms with Gasteiger partial charge in [0.15, 0.2) is 0 Å². The van der Waals surface area contributed by atoms with E-state index in [-0.39, 0.29) is 18.9 Å². The molecule has 0 saturated carbocycles. The van der Waals surface area contributed by atoms with E-state index >= 15 is 0 Å². The molecular formula is C29H30F4N2O3S. The van der Waals surface area contributed by atoms with E-state index in [0.717, 1.165) is 38.7 Å². The number of alkyl halides is 3. The molecule has 2 aliphatic heterocycles. The molecule has 0 radical (unpaired) electrons. The first-order chi connectivity index (χ1) is 18.4. The third-order valence-corrected chi connectivity index (χ3v) is 10.0. The van der Waals surface area contributed by atoms with Crippen LogP contribution in [0.4, 0.5) is 17.6 Å². The van der Waals surface area contributed by atoms with Gasteiger partial charge in [0.2, 0.25) is 10.0 Å². The molecule has 39 heavy (non-hydrogen) atoms. The van der Waals surface area contributed by atoms with E-state index in [4.69, 9.17) is 0 Å². The summed E-state index contributed by atoms with van der Waals surface area (Å²) in [7, 11) is -4.44. The zero-order chi connectivity index (χ0) is 28.1. The van der Waals surface area contributed by atoms with Gasteiger partial charge >= 0.3 is 6.18 Å². The summed E-state index contributed by atoms with van der Waals surface area (Å²) >= 11 is 0. The first-order valence-electron chi connectivity index (χ1n) is 12.9. The van der Waals surface area contributed by atoms with E-state index in [1.807, 2.05) is 36.1 Å². The standard InChI is InChI=1S/C29H30F4N2O3S/c1-18-19(2)24(30)14-13-22(18)20-9-11-21(12-10-20)27-25-17-34(15-5-6-16-35(25)28(27)36)39(37,38)26-8-4-3-7-23(26)29(31,32)33/h3-4,7-14,25,27-28,36H,5-6,15-17H2,1-2H3/t25-,27-,28+/m0/s1. The van der Waals surface area contributed by atoms with Crippen LogP contribution < -0.4 is 0 Å². The van der Waals surface area contributed by atoms with E-state index < -0.39 is 44.8 Å². The van der Waals surface area contributed by atoms with Crippen molar-refractivity contribution in [3.63, 3.8) is 0 Å². The molecule has 5 rings (SSSR count). The van der Waals surface area contributed by atoms with Crippen LogP contribution in [0.3, 0.4) is 0 Å². The molecule has 3 aromatic rings. The summed E-state index contributed by atoms with van der Waals surface area (Å²) in [5.74, 6) is -0.684. The number of fused-ring (bicyclic) bond motifs is 1.